The van der Waals surface area contributed by atoms with Crippen molar-refractivity contribution in [3.63, 3.8) is 0 Å². The number of thiophene rings is 1. The summed E-state index contributed by atoms with van der Waals surface area (Å²) in [6, 6.07) is 11.0. The van der Waals surface area contributed by atoms with Crippen LogP contribution in [0.15, 0.2) is 63.3 Å². The average molecular weight is 491 g/mol. The van der Waals surface area contributed by atoms with Crippen LogP contribution in [0.5, 0.6) is 0 Å². The van der Waals surface area contributed by atoms with Crippen molar-refractivity contribution in [2.45, 2.75) is 22.8 Å². The number of aromatic nitrogens is 1. The van der Waals surface area contributed by atoms with E-state index in [1.807, 2.05) is 18.2 Å². The van der Waals surface area contributed by atoms with Crippen LogP contribution in [0, 0.1) is 0 Å². The molecular weight excluding hydrogens is 464 g/mol. The number of nitrogens with zero attached hydrogens (tertiary/aromatic N) is 2. The number of aliphatic hydroxyl groups excluding tert-OH is 1. The Kier molecular flexibility index (Phi) is 7.06. The average Bonchev–Trinajstić information content (AvgIpc) is 3.51. The molecule has 0 saturated heterocycles. The van der Waals surface area contributed by atoms with E-state index in [0.29, 0.717) is 23.2 Å². The van der Waals surface area contributed by atoms with Gasteiger partial charge < -0.3 is 15.4 Å². The summed E-state index contributed by atoms with van der Waals surface area (Å²) in [6.07, 6.45) is 0.964. The zero-order chi connectivity index (χ0) is 22.7. The second-order valence-corrected chi connectivity index (χ2v) is 11.8. The topological polar surface area (TPSA) is 97.8 Å². The maximum Gasteiger partial charge on any atom is 0.277 e. The summed E-state index contributed by atoms with van der Waals surface area (Å²) in [4.78, 5) is 8.12. The number of aliphatic hydroxyl groups is 1. The number of fused-ring (bicyclic) bond motifs is 1. The lowest BCUT2D eigenvalue weighted by molar-refractivity contribution is 0.292. The molecule has 0 spiro atoms. The molecule has 1 aromatic carbocycles. The Morgan fingerprint density at radius 3 is 2.91 bits per heavy atom. The van der Waals surface area contributed by atoms with Gasteiger partial charge in [-0.2, -0.15) is 8.42 Å². The highest BCUT2D eigenvalue weighted by molar-refractivity contribution is 8.15. The molecule has 32 heavy (non-hydrogen) atoms. The normalized spacial score (nSPS) is 16.4. The molecule has 0 saturated carbocycles. The molecular formula is C22H26N4O3S3. The summed E-state index contributed by atoms with van der Waals surface area (Å²) in [7, 11) is -3.76. The van der Waals surface area contributed by atoms with Gasteiger partial charge >= 0.3 is 0 Å². The van der Waals surface area contributed by atoms with Gasteiger partial charge in [0, 0.05) is 22.9 Å². The van der Waals surface area contributed by atoms with Crippen molar-refractivity contribution in [3.05, 3.63) is 59.7 Å². The van der Waals surface area contributed by atoms with Crippen molar-refractivity contribution in [1.82, 2.24) is 10.3 Å². The third-order valence-electron chi connectivity index (χ3n) is 5.07. The predicted molar refractivity (Wildman–Crippen MR) is 134 cm³/mol. The molecule has 0 radical (unpaired) electrons. The zero-order valence-corrected chi connectivity index (χ0v) is 20.2. The van der Waals surface area contributed by atoms with E-state index >= 15 is 0 Å². The molecule has 0 aliphatic carbocycles. The third kappa shape index (κ3) is 4.65. The number of H-pyrrole nitrogens is 1. The van der Waals surface area contributed by atoms with Crippen LogP contribution in [0.1, 0.15) is 19.0 Å². The van der Waals surface area contributed by atoms with Gasteiger partial charge in [0.2, 0.25) is 0 Å². The van der Waals surface area contributed by atoms with E-state index in [-0.39, 0.29) is 10.8 Å². The predicted octanol–water partition coefficient (Wildman–Crippen LogP) is 3.79. The zero-order valence-electron chi connectivity index (χ0n) is 17.7. The molecule has 7 nitrogen and oxygen atoms in total. The number of anilines is 1. The van der Waals surface area contributed by atoms with E-state index in [4.69, 9.17) is 10.1 Å². The van der Waals surface area contributed by atoms with E-state index in [2.05, 4.69) is 16.9 Å². The van der Waals surface area contributed by atoms with Gasteiger partial charge in [-0.05, 0) is 43.5 Å². The molecule has 1 aliphatic heterocycles. The first-order valence-corrected chi connectivity index (χ1v) is 13.5. The number of rotatable bonds is 10. The number of thioether (sulfide) groups is 1. The van der Waals surface area contributed by atoms with Gasteiger partial charge in [-0.1, -0.05) is 36.5 Å². The molecule has 1 unspecified atom stereocenters. The fourth-order valence-corrected chi connectivity index (χ4v) is 7.31. The maximum atomic E-state index is 13.3. The van der Waals surface area contributed by atoms with Gasteiger partial charge in [-0.3, -0.25) is 4.99 Å². The van der Waals surface area contributed by atoms with Gasteiger partial charge in [-0.25, -0.2) is 4.31 Å². The molecule has 0 amide bonds. The number of sulfonamides is 1. The minimum Gasteiger partial charge on any atom is -0.395 e. The Labute approximate surface area is 196 Å². The van der Waals surface area contributed by atoms with Crippen LogP contribution in [0.3, 0.4) is 0 Å². The molecule has 2 aromatic heterocycles. The molecule has 0 bridgehead atoms. The number of para-hydroxylation sites is 1. The van der Waals surface area contributed by atoms with Gasteiger partial charge in [0.1, 0.15) is 9.25 Å². The van der Waals surface area contributed by atoms with Crippen molar-refractivity contribution in [2.24, 2.45) is 4.99 Å². The lowest BCUT2D eigenvalue weighted by atomic mass is 10.2. The molecule has 1 atom stereocenters. The number of hydrogen-bond donors (Lipinski definition) is 3. The summed E-state index contributed by atoms with van der Waals surface area (Å²) in [5.74, 6) is 0. The second-order valence-electron chi connectivity index (χ2n) is 7.51. The summed E-state index contributed by atoms with van der Waals surface area (Å²) in [6.45, 7) is 7.96. The molecule has 0 fully saturated rings. The van der Waals surface area contributed by atoms with E-state index < -0.39 is 10.0 Å². The minimum atomic E-state index is -3.76. The van der Waals surface area contributed by atoms with Crippen molar-refractivity contribution in [1.29, 1.82) is 0 Å². The highest BCUT2D eigenvalue weighted by atomic mass is 32.2. The van der Waals surface area contributed by atoms with Gasteiger partial charge in [0.15, 0.2) is 0 Å². The van der Waals surface area contributed by atoms with Crippen molar-refractivity contribution >= 4 is 54.8 Å². The van der Waals surface area contributed by atoms with Crippen LogP contribution in [0.4, 0.5) is 5.69 Å². The number of aromatic amines is 1. The Bertz CT molecular complexity index is 1230. The van der Waals surface area contributed by atoms with Crippen LogP contribution >= 0.6 is 23.1 Å². The van der Waals surface area contributed by atoms with Gasteiger partial charge in [0.25, 0.3) is 10.0 Å². The largest absolute Gasteiger partial charge is 0.395 e. The number of aliphatic imine (C=N–C) groups is 1. The molecule has 10 heteroatoms. The van der Waals surface area contributed by atoms with Crippen molar-refractivity contribution < 1.29 is 13.5 Å². The summed E-state index contributed by atoms with van der Waals surface area (Å²) >= 11 is 2.92. The molecule has 4 rings (SSSR count). The third-order valence-corrected chi connectivity index (χ3v) is 9.57. The minimum absolute atomic E-state index is 0.139. The highest BCUT2D eigenvalue weighted by Gasteiger charge is 2.29. The first-order chi connectivity index (χ1) is 15.4. The highest BCUT2D eigenvalue weighted by Crippen LogP contribution is 2.36. The SMILES string of the molecule is C=C(C)N(c1cccc2cc(C3=NCC(CCNCCO)S3)[nH]c12)S(=O)(=O)c1cccs1. The molecule has 3 heterocycles. The Morgan fingerprint density at radius 2 is 2.19 bits per heavy atom. The maximum absolute atomic E-state index is 13.3. The van der Waals surface area contributed by atoms with Crippen LogP contribution in [0.25, 0.3) is 10.9 Å². The molecule has 170 valence electrons. The first kappa shape index (κ1) is 23.1. The summed E-state index contributed by atoms with van der Waals surface area (Å²) < 4.78 is 28.3. The monoisotopic (exact) mass is 490 g/mol. The molecule has 1 aliphatic rings. The van der Waals surface area contributed by atoms with Crippen LogP contribution in [0.2, 0.25) is 0 Å². The van der Waals surface area contributed by atoms with Gasteiger partial charge in [0.05, 0.1) is 30.0 Å². The smallest absolute Gasteiger partial charge is 0.277 e. The van der Waals surface area contributed by atoms with Crippen LogP contribution < -0.4 is 9.62 Å². The standard InChI is InChI=1S/C22H26N4O3S3/c1-15(2)26(32(28,29)20-7-4-12-30-20)19-6-3-5-16-13-18(25-21(16)19)22-24-14-17(31-22)8-9-23-10-11-27/h3-7,12-13,17,23,25,27H,1,8-11,14H2,2H3. The lowest BCUT2D eigenvalue weighted by Crippen LogP contribution is -2.28. The fourth-order valence-electron chi connectivity index (χ4n) is 3.65. The summed E-state index contributed by atoms with van der Waals surface area (Å²) in [5, 5.41) is 16.1. The molecule has 3 aromatic rings. The Morgan fingerprint density at radius 1 is 1.34 bits per heavy atom. The number of allylic oxidation sites excluding steroid dienone is 1. The quantitative estimate of drug-likeness (QED) is 0.376. The van der Waals surface area contributed by atoms with E-state index in [9.17, 15) is 8.42 Å². The van der Waals surface area contributed by atoms with Crippen LogP contribution in [-0.2, 0) is 10.0 Å². The fraction of sp³-hybridized carbons (Fsp3) is 0.318. The Balaban J connectivity index is 1.62. The van der Waals surface area contributed by atoms with Crippen molar-refractivity contribution in [3.8, 4) is 0 Å². The van der Waals surface area contributed by atoms with E-state index in [1.54, 1.807) is 42.3 Å². The summed E-state index contributed by atoms with van der Waals surface area (Å²) in [5.41, 5.74) is 2.59. The van der Waals surface area contributed by atoms with E-state index in [1.165, 1.54) is 15.6 Å². The van der Waals surface area contributed by atoms with E-state index in [0.717, 1.165) is 41.2 Å². The van der Waals surface area contributed by atoms with Crippen molar-refractivity contribution in [2.75, 3.05) is 30.5 Å². The lowest BCUT2D eigenvalue weighted by Gasteiger charge is -2.24. The first-order valence-electron chi connectivity index (χ1n) is 10.3. The molecule has 3 N–H and O–H groups in total. The number of nitrogens with one attached hydrogen (secondary N) is 2. The van der Waals surface area contributed by atoms with Gasteiger partial charge in [-0.15, -0.1) is 11.3 Å². The Hall–Kier alpha value is -2.11. The number of benzene rings is 1. The second kappa shape index (κ2) is 9.80. The van der Waals surface area contributed by atoms with Crippen LogP contribution in [-0.4, -0.2) is 55.0 Å². The number of hydrogen-bond acceptors (Lipinski definition) is 7.